The molecule has 1 aromatic rings. The lowest BCUT2D eigenvalue weighted by molar-refractivity contribution is -0.116. The maximum Gasteiger partial charge on any atom is 0.224 e. The largest absolute Gasteiger partial charge is 0.330 e. The Kier molecular flexibility index (Phi) is 7.77. The zero-order valence-electron chi connectivity index (χ0n) is 11.8. The highest BCUT2D eigenvalue weighted by Crippen LogP contribution is 2.24. The molecule has 112 valence electrons. The molecule has 3 N–H and O–H groups in total. The van der Waals surface area contributed by atoms with Crippen LogP contribution in [0.2, 0.25) is 0 Å². The fraction of sp³-hybridized carbons (Fsp3) is 0.533. The molecule has 1 unspecified atom stereocenters. The van der Waals surface area contributed by atoms with Crippen LogP contribution in [-0.4, -0.2) is 12.5 Å². The van der Waals surface area contributed by atoms with Crippen molar-refractivity contribution < 1.29 is 9.18 Å². The third-order valence-corrected chi connectivity index (χ3v) is 3.95. The summed E-state index contributed by atoms with van der Waals surface area (Å²) >= 11 is 3.29. The minimum Gasteiger partial charge on any atom is -0.330 e. The van der Waals surface area contributed by atoms with Crippen LogP contribution in [0, 0.1) is 11.7 Å². The molecule has 1 rings (SSSR count). The summed E-state index contributed by atoms with van der Waals surface area (Å²) in [4.78, 5) is 11.9. The number of halogens is 2. The van der Waals surface area contributed by atoms with Gasteiger partial charge in [0.1, 0.15) is 5.82 Å². The van der Waals surface area contributed by atoms with E-state index in [4.69, 9.17) is 5.73 Å². The van der Waals surface area contributed by atoms with Gasteiger partial charge in [0.25, 0.3) is 0 Å². The highest BCUT2D eigenvalue weighted by Gasteiger charge is 2.11. The molecule has 1 aromatic carbocycles. The van der Waals surface area contributed by atoms with Crippen LogP contribution >= 0.6 is 15.9 Å². The molecular formula is C15H22BrFN2O. The molecule has 0 saturated carbocycles. The first-order valence-electron chi connectivity index (χ1n) is 7.01. The molecular weight excluding hydrogens is 323 g/mol. The van der Waals surface area contributed by atoms with Gasteiger partial charge in [0, 0.05) is 10.9 Å². The van der Waals surface area contributed by atoms with E-state index < -0.39 is 0 Å². The molecule has 0 aliphatic heterocycles. The lowest BCUT2D eigenvalue weighted by Gasteiger charge is -2.15. The SMILES string of the molecule is CCCC(CCN)CCC(=O)Nc1cc(F)ccc1Br. The molecule has 1 amide bonds. The molecule has 0 aromatic heterocycles. The van der Waals surface area contributed by atoms with Crippen LogP contribution in [0.15, 0.2) is 22.7 Å². The van der Waals surface area contributed by atoms with Crippen LogP contribution in [0.4, 0.5) is 10.1 Å². The summed E-state index contributed by atoms with van der Waals surface area (Å²) in [5.74, 6) is 0.0385. The van der Waals surface area contributed by atoms with Gasteiger partial charge in [0.15, 0.2) is 0 Å². The minimum atomic E-state index is -0.365. The van der Waals surface area contributed by atoms with E-state index in [-0.39, 0.29) is 11.7 Å². The Hall–Kier alpha value is -0.940. The number of benzene rings is 1. The Morgan fingerprint density at radius 3 is 2.80 bits per heavy atom. The topological polar surface area (TPSA) is 55.1 Å². The maximum absolute atomic E-state index is 13.1. The smallest absolute Gasteiger partial charge is 0.224 e. The van der Waals surface area contributed by atoms with Crippen LogP contribution in [0.1, 0.15) is 39.0 Å². The van der Waals surface area contributed by atoms with Crippen molar-refractivity contribution in [1.29, 1.82) is 0 Å². The first-order valence-corrected chi connectivity index (χ1v) is 7.81. The molecule has 0 aliphatic carbocycles. The van der Waals surface area contributed by atoms with Crippen molar-refractivity contribution >= 4 is 27.5 Å². The van der Waals surface area contributed by atoms with Gasteiger partial charge in [0.2, 0.25) is 5.91 Å². The standard InChI is InChI=1S/C15H22BrFN2O/c1-2-3-11(8-9-18)4-7-15(20)19-14-10-12(17)5-6-13(14)16/h5-6,10-11H,2-4,7-9,18H2,1H3,(H,19,20). The molecule has 1 atom stereocenters. The van der Waals surface area contributed by atoms with Crippen LogP contribution in [-0.2, 0) is 4.79 Å². The van der Waals surface area contributed by atoms with Gasteiger partial charge >= 0.3 is 0 Å². The molecule has 0 aliphatic rings. The van der Waals surface area contributed by atoms with Gasteiger partial charge in [-0.1, -0.05) is 19.8 Å². The molecule has 3 nitrogen and oxygen atoms in total. The summed E-state index contributed by atoms with van der Waals surface area (Å²) in [5.41, 5.74) is 6.05. The number of hydrogen-bond donors (Lipinski definition) is 2. The quantitative estimate of drug-likeness (QED) is 0.746. The summed E-state index contributed by atoms with van der Waals surface area (Å²) in [6.07, 6.45) is 4.40. The average molecular weight is 345 g/mol. The van der Waals surface area contributed by atoms with E-state index in [1.165, 1.54) is 12.1 Å². The lowest BCUT2D eigenvalue weighted by Crippen LogP contribution is -2.15. The van der Waals surface area contributed by atoms with E-state index in [1.54, 1.807) is 6.07 Å². The van der Waals surface area contributed by atoms with Gasteiger partial charge in [-0.25, -0.2) is 4.39 Å². The number of rotatable bonds is 8. The first kappa shape index (κ1) is 17.1. The van der Waals surface area contributed by atoms with Crippen LogP contribution in [0.3, 0.4) is 0 Å². The van der Waals surface area contributed by atoms with Crippen molar-refractivity contribution in [3.05, 3.63) is 28.5 Å². The predicted molar refractivity (Wildman–Crippen MR) is 84.0 cm³/mol. The number of nitrogens with one attached hydrogen (secondary N) is 1. The summed E-state index contributed by atoms with van der Waals surface area (Å²) < 4.78 is 13.8. The summed E-state index contributed by atoms with van der Waals surface area (Å²) in [6, 6.07) is 4.24. The van der Waals surface area contributed by atoms with Gasteiger partial charge in [-0.15, -0.1) is 0 Å². The molecule has 0 bridgehead atoms. The normalized spacial score (nSPS) is 12.2. The highest BCUT2D eigenvalue weighted by molar-refractivity contribution is 9.10. The molecule has 0 saturated heterocycles. The van der Waals surface area contributed by atoms with Crippen molar-refractivity contribution in [2.24, 2.45) is 11.7 Å². The number of carbonyl (C=O) groups excluding carboxylic acids is 1. The molecule has 5 heteroatoms. The zero-order chi connectivity index (χ0) is 15.0. The van der Waals surface area contributed by atoms with E-state index in [0.717, 1.165) is 25.7 Å². The molecule has 0 fully saturated rings. The lowest BCUT2D eigenvalue weighted by atomic mass is 9.94. The average Bonchev–Trinajstić information content (AvgIpc) is 2.41. The van der Waals surface area contributed by atoms with Gasteiger partial charge in [0.05, 0.1) is 5.69 Å². The van der Waals surface area contributed by atoms with E-state index in [2.05, 4.69) is 28.2 Å². The number of nitrogens with two attached hydrogens (primary N) is 1. The Morgan fingerprint density at radius 1 is 1.40 bits per heavy atom. The minimum absolute atomic E-state index is 0.0885. The van der Waals surface area contributed by atoms with E-state index in [9.17, 15) is 9.18 Å². The number of anilines is 1. The predicted octanol–water partition coefficient (Wildman–Crippen LogP) is 4.07. The van der Waals surface area contributed by atoms with Crippen molar-refractivity contribution in [2.45, 2.75) is 39.0 Å². The molecule has 20 heavy (non-hydrogen) atoms. The maximum atomic E-state index is 13.1. The summed E-state index contributed by atoms with van der Waals surface area (Å²) in [6.45, 7) is 2.79. The van der Waals surface area contributed by atoms with Crippen molar-refractivity contribution in [3.8, 4) is 0 Å². The van der Waals surface area contributed by atoms with Crippen LogP contribution in [0.5, 0.6) is 0 Å². The highest BCUT2D eigenvalue weighted by atomic mass is 79.9. The van der Waals surface area contributed by atoms with Crippen LogP contribution in [0.25, 0.3) is 0 Å². The van der Waals surface area contributed by atoms with Crippen LogP contribution < -0.4 is 11.1 Å². The second-order valence-corrected chi connectivity index (χ2v) is 5.80. The van der Waals surface area contributed by atoms with E-state index in [1.807, 2.05) is 0 Å². The van der Waals surface area contributed by atoms with Gasteiger partial charge < -0.3 is 11.1 Å². The third-order valence-electron chi connectivity index (χ3n) is 3.25. The second kappa shape index (κ2) is 9.08. The molecule has 0 radical (unpaired) electrons. The monoisotopic (exact) mass is 344 g/mol. The fourth-order valence-corrected chi connectivity index (χ4v) is 2.56. The van der Waals surface area contributed by atoms with E-state index in [0.29, 0.717) is 29.0 Å². The van der Waals surface area contributed by atoms with Crippen molar-refractivity contribution in [3.63, 3.8) is 0 Å². The Morgan fingerprint density at radius 2 is 2.15 bits per heavy atom. The summed E-state index contributed by atoms with van der Waals surface area (Å²) in [5, 5.41) is 2.73. The molecule has 0 heterocycles. The number of hydrogen-bond acceptors (Lipinski definition) is 2. The van der Waals surface area contributed by atoms with Crippen molar-refractivity contribution in [1.82, 2.24) is 0 Å². The Labute approximate surface area is 128 Å². The van der Waals surface area contributed by atoms with Crippen molar-refractivity contribution in [2.75, 3.05) is 11.9 Å². The zero-order valence-corrected chi connectivity index (χ0v) is 13.4. The van der Waals surface area contributed by atoms with Gasteiger partial charge in [-0.2, -0.15) is 0 Å². The fourth-order valence-electron chi connectivity index (χ4n) is 2.22. The summed E-state index contributed by atoms with van der Waals surface area (Å²) in [7, 11) is 0. The van der Waals surface area contributed by atoms with Gasteiger partial charge in [-0.05, 0) is 59.4 Å². The molecule has 0 spiro atoms. The number of carbonyl (C=O) groups is 1. The Balaban J connectivity index is 2.48. The van der Waals surface area contributed by atoms with Gasteiger partial charge in [-0.3, -0.25) is 4.79 Å². The Bertz CT molecular complexity index is 434. The number of amides is 1. The van der Waals surface area contributed by atoms with E-state index >= 15 is 0 Å². The second-order valence-electron chi connectivity index (χ2n) is 4.94. The third kappa shape index (κ3) is 6.01. The first-order chi connectivity index (χ1) is 9.56.